The van der Waals surface area contributed by atoms with Gasteiger partial charge in [0.25, 0.3) is 0 Å². The lowest BCUT2D eigenvalue weighted by Gasteiger charge is -2.10. The number of hydrogen-bond donors (Lipinski definition) is 0. The van der Waals surface area contributed by atoms with Crippen LogP contribution >= 0.6 is 38.9 Å². The third-order valence-electron chi connectivity index (χ3n) is 2.28. The molecule has 16 heavy (non-hydrogen) atoms. The smallest absolute Gasteiger partial charge is 0.146 e. The van der Waals surface area contributed by atoms with E-state index in [0.717, 1.165) is 6.42 Å². The van der Waals surface area contributed by atoms with E-state index in [4.69, 9.17) is 11.6 Å². The second kappa shape index (κ2) is 5.30. The van der Waals surface area contributed by atoms with Crippen LogP contribution in [-0.2, 0) is 6.42 Å². The van der Waals surface area contributed by atoms with Gasteiger partial charge < -0.3 is 0 Å². The molecule has 1 unspecified atom stereocenters. The van der Waals surface area contributed by atoms with Gasteiger partial charge in [-0.3, -0.25) is 0 Å². The molecule has 0 spiro atoms. The fraction of sp³-hybridized carbons (Fsp3) is 0.167. The molecule has 0 fully saturated rings. The summed E-state index contributed by atoms with van der Waals surface area (Å²) in [5, 5.41) is 2.19. The molecule has 0 nitrogen and oxygen atoms in total. The van der Waals surface area contributed by atoms with E-state index in [1.807, 2.05) is 17.5 Å². The highest BCUT2D eigenvalue weighted by Gasteiger charge is 2.15. The summed E-state index contributed by atoms with van der Waals surface area (Å²) in [5.74, 6) is -0.331. The van der Waals surface area contributed by atoms with Crippen LogP contribution in [0.3, 0.4) is 0 Å². The summed E-state index contributed by atoms with van der Waals surface area (Å²) in [7, 11) is 0. The number of halogens is 3. The van der Waals surface area contributed by atoms with Crippen LogP contribution in [-0.4, -0.2) is 0 Å². The Morgan fingerprint density at radius 3 is 2.81 bits per heavy atom. The van der Waals surface area contributed by atoms with E-state index < -0.39 is 0 Å². The van der Waals surface area contributed by atoms with E-state index in [-0.39, 0.29) is 15.7 Å². The molecule has 0 amide bonds. The van der Waals surface area contributed by atoms with Gasteiger partial charge in [0.05, 0.1) is 5.02 Å². The first-order chi connectivity index (χ1) is 7.68. The third-order valence-corrected chi connectivity index (χ3v) is 4.29. The molecule has 1 atom stereocenters. The minimum Gasteiger partial charge on any atom is -0.205 e. The van der Waals surface area contributed by atoms with Crippen molar-refractivity contribution in [1.82, 2.24) is 0 Å². The zero-order valence-corrected chi connectivity index (χ0v) is 11.4. The molecule has 0 radical (unpaired) electrons. The maximum absolute atomic E-state index is 13.7. The summed E-state index contributed by atoms with van der Waals surface area (Å²) in [6, 6.07) is 9.12. The van der Waals surface area contributed by atoms with E-state index >= 15 is 0 Å². The van der Waals surface area contributed by atoms with Gasteiger partial charge in [-0.25, -0.2) is 4.39 Å². The predicted octanol–water partition coefficient (Wildman–Crippen LogP) is 5.22. The largest absolute Gasteiger partial charge is 0.205 e. The first-order valence-corrected chi connectivity index (χ1v) is 6.96. The molecule has 84 valence electrons. The lowest BCUT2D eigenvalue weighted by atomic mass is 10.1. The molecule has 4 heteroatoms. The first-order valence-electron chi connectivity index (χ1n) is 4.79. The van der Waals surface area contributed by atoms with Gasteiger partial charge in [-0.15, -0.1) is 11.3 Å². The fourth-order valence-corrected chi connectivity index (χ4v) is 3.33. The zero-order valence-electron chi connectivity index (χ0n) is 8.29. The molecule has 0 bridgehead atoms. The van der Waals surface area contributed by atoms with Crippen LogP contribution in [0.25, 0.3) is 0 Å². The van der Waals surface area contributed by atoms with E-state index in [1.165, 1.54) is 4.88 Å². The Bertz CT molecular complexity index is 470. The van der Waals surface area contributed by atoms with Gasteiger partial charge in [-0.2, -0.15) is 0 Å². The van der Waals surface area contributed by atoms with E-state index in [1.54, 1.807) is 29.5 Å². The number of hydrogen-bond acceptors (Lipinski definition) is 1. The Balaban J connectivity index is 2.21. The van der Waals surface area contributed by atoms with Crippen molar-refractivity contribution < 1.29 is 4.39 Å². The standard InChI is InChI=1S/C12H9BrClFS/c13-10(7-8-3-2-6-16-8)9-4-1-5-11(14)12(9)15/h1-6,10H,7H2. The molecule has 2 aromatic rings. The Kier molecular flexibility index (Phi) is 4.00. The van der Waals surface area contributed by atoms with Crippen LogP contribution < -0.4 is 0 Å². The lowest BCUT2D eigenvalue weighted by molar-refractivity contribution is 0.609. The van der Waals surface area contributed by atoms with Gasteiger partial charge in [0.1, 0.15) is 5.82 Å². The van der Waals surface area contributed by atoms with Crippen LogP contribution in [0.5, 0.6) is 0 Å². The minimum atomic E-state index is -0.331. The number of benzene rings is 1. The molecule has 0 aliphatic carbocycles. The molecule has 0 saturated carbocycles. The molecule has 2 rings (SSSR count). The molecule has 0 saturated heterocycles. The van der Waals surface area contributed by atoms with Gasteiger partial charge in [0, 0.05) is 15.3 Å². The first kappa shape index (κ1) is 12.1. The number of thiophene rings is 1. The monoisotopic (exact) mass is 318 g/mol. The van der Waals surface area contributed by atoms with Crippen molar-refractivity contribution in [2.45, 2.75) is 11.2 Å². The van der Waals surface area contributed by atoms with Crippen molar-refractivity contribution in [1.29, 1.82) is 0 Å². The molecule has 0 N–H and O–H groups in total. The lowest BCUT2D eigenvalue weighted by Crippen LogP contribution is -1.97. The Morgan fingerprint density at radius 2 is 2.12 bits per heavy atom. The van der Waals surface area contributed by atoms with Gasteiger partial charge in [0.2, 0.25) is 0 Å². The second-order valence-corrected chi connectivity index (χ2v) is 5.94. The quantitative estimate of drug-likeness (QED) is 0.680. The zero-order chi connectivity index (χ0) is 11.5. The van der Waals surface area contributed by atoms with Gasteiger partial charge >= 0.3 is 0 Å². The molecular weight excluding hydrogens is 311 g/mol. The molecule has 0 aliphatic heterocycles. The summed E-state index contributed by atoms with van der Waals surface area (Å²) >= 11 is 10.9. The molecule has 1 aromatic carbocycles. The van der Waals surface area contributed by atoms with Crippen molar-refractivity contribution in [3.05, 3.63) is 57.0 Å². The summed E-state index contributed by atoms with van der Waals surface area (Å²) in [6.07, 6.45) is 0.773. The number of rotatable bonds is 3. The Labute approximate surface area is 111 Å². The summed E-state index contributed by atoms with van der Waals surface area (Å²) < 4.78 is 13.7. The van der Waals surface area contributed by atoms with Crippen LogP contribution in [0.2, 0.25) is 5.02 Å². The average Bonchev–Trinajstić information content (AvgIpc) is 2.74. The summed E-state index contributed by atoms with van der Waals surface area (Å²) in [4.78, 5) is 1.19. The van der Waals surface area contributed by atoms with Crippen molar-refractivity contribution in [2.75, 3.05) is 0 Å². The van der Waals surface area contributed by atoms with Gasteiger partial charge in [0.15, 0.2) is 0 Å². The van der Waals surface area contributed by atoms with E-state index in [9.17, 15) is 4.39 Å². The minimum absolute atomic E-state index is 0.0372. The predicted molar refractivity (Wildman–Crippen MR) is 71.1 cm³/mol. The third kappa shape index (κ3) is 2.65. The normalized spacial score (nSPS) is 12.7. The highest BCUT2D eigenvalue weighted by Crippen LogP contribution is 2.32. The maximum atomic E-state index is 13.7. The van der Waals surface area contributed by atoms with Crippen LogP contribution in [0.15, 0.2) is 35.7 Å². The van der Waals surface area contributed by atoms with Gasteiger partial charge in [-0.05, 0) is 23.9 Å². The molecular formula is C12H9BrClFS. The van der Waals surface area contributed by atoms with Crippen molar-refractivity contribution >= 4 is 38.9 Å². The second-order valence-electron chi connectivity index (χ2n) is 3.39. The van der Waals surface area contributed by atoms with E-state index in [0.29, 0.717) is 5.56 Å². The fourth-order valence-electron chi connectivity index (χ4n) is 1.48. The maximum Gasteiger partial charge on any atom is 0.146 e. The van der Waals surface area contributed by atoms with Crippen LogP contribution in [0, 0.1) is 5.82 Å². The number of alkyl halides is 1. The van der Waals surface area contributed by atoms with Crippen molar-refractivity contribution in [2.24, 2.45) is 0 Å². The molecule has 1 heterocycles. The average molecular weight is 320 g/mol. The SMILES string of the molecule is Fc1c(Cl)cccc1C(Br)Cc1cccs1. The van der Waals surface area contributed by atoms with Crippen molar-refractivity contribution in [3.63, 3.8) is 0 Å². The summed E-state index contributed by atoms with van der Waals surface area (Å²) in [5.41, 5.74) is 0.612. The topological polar surface area (TPSA) is 0 Å². The molecule has 1 aromatic heterocycles. The Hall–Kier alpha value is -0.380. The Morgan fingerprint density at radius 1 is 1.31 bits per heavy atom. The van der Waals surface area contributed by atoms with Gasteiger partial charge in [-0.1, -0.05) is 45.7 Å². The van der Waals surface area contributed by atoms with Crippen LogP contribution in [0.1, 0.15) is 15.3 Å². The van der Waals surface area contributed by atoms with E-state index in [2.05, 4.69) is 15.9 Å². The van der Waals surface area contributed by atoms with Crippen molar-refractivity contribution in [3.8, 4) is 0 Å². The van der Waals surface area contributed by atoms with Crippen LogP contribution in [0.4, 0.5) is 4.39 Å². The molecule has 0 aliphatic rings. The highest BCUT2D eigenvalue weighted by atomic mass is 79.9. The highest BCUT2D eigenvalue weighted by molar-refractivity contribution is 9.09. The summed E-state index contributed by atoms with van der Waals surface area (Å²) in [6.45, 7) is 0.